The third kappa shape index (κ3) is 3.07. The molecule has 3 aromatic rings. The fourth-order valence-electron chi connectivity index (χ4n) is 2.71. The molecule has 132 valence electrons. The number of phenols is 1. The van der Waals surface area contributed by atoms with E-state index in [0.29, 0.717) is 17.0 Å². The lowest BCUT2D eigenvalue weighted by molar-refractivity contribution is 0.340. The lowest BCUT2D eigenvalue weighted by Crippen LogP contribution is -1.91. The number of methoxy groups -OCH3 is 2. The number of rotatable bonds is 4. The van der Waals surface area contributed by atoms with Gasteiger partial charge in [-0.25, -0.2) is 4.98 Å². The molecule has 6 heteroatoms. The van der Waals surface area contributed by atoms with Gasteiger partial charge in [0.2, 0.25) is 5.75 Å². The van der Waals surface area contributed by atoms with E-state index in [4.69, 9.17) is 9.47 Å². The lowest BCUT2D eigenvalue weighted by atomic mass is 10.1. The molecule has 0 spiro atoms. The Morgan fingerprint density at radius 2 is 1.73 bits per heavy atom. The molecule has 2 aromatic carbocycles. The molecule has 0 saturated carbocycles. The van der Waals surface area contributed by atoms with Crippen molar-refractivity contribution in [3.8, 4) is 23.3 Å². The second-order valence-electron chi connectivity index (χ2n) is 5.98. The van der Waals surface area contributed by atoms with Crippen LogP contribution in [0.1, 0.15) is 22.5 Å². The number of nitrogens with one attached hydrogen (secondary N) is 1. The Bertz CT molecular complexity index is 994. The van der Waals surface area contributed by atoms with Crippen molar-refractivity contribution in [3.63, 3.8) is 0 Å². The summed E-state index contributed by atoms with van der Waals surface area (Å²) in [5, 5.41) is 19.6. The van der Waals surface area contributed by atoms with Crippen molar-refractivity contribution in [1.82, 2.24) is 9.97 Å². The van der Waals surface area contributed by atoms with Crippen LogP contribution in [0.4, 0.5) is 0 Å². The maximum atomic E-state index is 10.0. The molecule has 0 saturated heterocycles. The number of allylic oxidation sites excluding steroid dienone is 1. The Labute approximate surface area is 151 Å². The summed E-state index contributed by atoms with van der Waals surface area (Å²) in [6.07, 6.45) is 1.67. The van der Waals surface area contributed by atoms with Crippen LogP contribution in [0.5, 0.6) is 17.2 Å². The predicted molar refractivity (Wildman–Crippen MR) is 100 cm³/mol. The third-order valence-corrected chi connectivity index (χ3v) is 4.29. The van der Waals surface area contributed by atoms with E-state index >= 15 is 0 Å². The number of nitriles is 1. The first kappa shape index (κ1) is 17.4. The van der Waals surface area contributed by atoms with Crippen LogP contribution < -0.4 is 9.47 Å². The van der Waals surface area contributed by atoms with Crippen molar-refractivity contribution in [2.75, 3.05) is 14.2 Å². The highest BCUT2D eigenvalue weighted by Crippen LogP contribution is 2.38. The fourth-order valence-corrected chi connectivity index (χ4v) is 2.71. The minimum atomic E-state index is -0.0830. The molecule has 26 heavy (non-hydrogen) atoms. The second kappa shape index (κ2) is 6.81. The fraction of sp³-hybridized carbons (Fsp3) is 0.200. The van der Waals surface area contributed by atoms with Gasteiger partial charge in [0.05, 0.1) is 30.8 Å². The standard InChI is InChI=1S/C20H19N3O3/c1-11-5-15-16(6-12(11)2)23-20(22-15)14(10-21)7-13-8-17(25-3)19(24)18(9-13)26-4/h5-9,24H,1-4H3,(H,22,23)/b14-7-. The number of nitrogens with zero attached hydrogens (tertiary/aromatic N) is 2. The molecular formula is C20H19N3O3. The van der Waals surface area contributed by atoms with Crippen LogP contribution in [-0.4, -0.2) is 29.3 Å². The van der Waals surface area contributed by atoms with Crippen molar-refractivity contribution >= 4 is 22.7 Å². The smallest absolute Gasteiger partial charge is 0.200 e. The van der Waals surface area contributed by atoms with Gasteiger partial charge in [0.25, 0.3) is 0 Å². The Kier molecular flexibility index (Phi) is 4.55. The number of imidazole rings is 1. The largest absolute Gasteiger partial charge is 0.502 e. The van der Waals surface area contributed by atoms with Crippen molar-refractivity contribution in [2.45, 2.75) is 13.8 Å². The van der Waals surface area contributed by atoms with Crippen molar-refractivity contribution in [1.29, 1.82) is 5.26 Å². The van der Waals surface area contributed by atoms with Gasteiger partial charge in [-0.3, -0.25) is 0 Å². The Morgan fingerprint density at radius 3 is 2.31 bits per heavy atom. The number of aromatic nitrogens is 2. The molecule has 0 atom stereocenters. The molecule has 6 nitrogen and oxygen atoms in total. The van der Waals surface area contributed by atoms with Crippen LogP contribution in [0.3, 0.4) is 0 Å². The van der Waals surface area contributed by atoms with Gasteiger partial charge in [0.15, 0.2) is 11.5 Å². The molecular weight excluding hydrogens is 330 g/mol. The number of aromatic amines is 1. The zero-order chi connectivity index (χ0) is 18.8. The molecule has 0 radical (unpaired) electrons. The molecule has 3 rings (SSSR count). The van der Waals surface area contributed by atoms with E-state index < -0.39 is 0 Å². The third-order valence-electron chi connectivity index (χ3n) is 4.29. The maximum absolute atomic E-state index is 10.0. The summed E-state index contributed by atoms with van der Waals surface area (Å²) >= 11 is 0. The van der Waals surface area contributed by atoms with Gasteiger partial charge in [-0.1, -0.05) is 0 Å². The van der Waals surface area contributed by atoms with Crippen LogP contribution >= 0.6 is 0 Å². The molecule has 2 N–H and O–H groups in total. The van der Waals surface area contributed by atoms with Crippen LogP contribution in [0.15, 0.2) is 24.3 Å². The lowest BCUT2D eigenvalue weighted by Gasteiger charge is -2.09. The second-order valence-corrected chi connectivity index (χ2v) is 5.98. The summed E-state index contributed by atoms with van der Waals surface area (Å²) in [6.45, 7) is 4.06. The van der Waals surface area contributed by atoms with Gasteiger partial charge >= 0.3 is 0 Å². The van der Waals surface area contributed by atoms with Crippen LogP contribution in [0.25, 0.3) is 22.7 Å². The number of hydrogen-bond donors (Lipinski definition) is 2. The van der Waals surface area contributed by atoms with Crippen LogP contribution in [0, 0.1) is 25.2 Å². The molecule has 0 bridgehead atoms. The number of benzene rings is 2. The van der Waals surface area contributed by atoms with Gasteiger partial charge in [0.1, 0.15) is 11.9 Å². The molecule has 0 unspecified atom stereocenters. The number of ether oxygens (including phenoxy) is 2. The van der Waals surface area contributed by atoms with E-state index in [9.17, 15) is 10.4 Å². The highest BCUT2D eigenvalue weighted by Gasteiger charge is 2.13. The number of aromatic hydroxyl groups is 1. The molecule has 0 aliphatic carbocycles. The number of aryl methyl sites for hydroxylation is 2. The Hall–Kier alpha value is -3.46. The van der Waals surface area contributed by atoms with Gasteiger partial charge < -0.3 is 19.6 Å². The topological polar surface area (TPSA) is 91.2 Å². The summed E-state index contributed by atoms with van der Waals surface area (Å²) in [7, 11) is 2.91. The van der Waals surface area contributed by atoms with E-state index in [2.05, 4.69) is 16.0 Å². The van der Waals surface area contributed by atoms with Gasteiger partial charge in [-0.2, -0.15) is 5.26 Å². The number of H-pyrrole nitrogens is 1. The monoisotopic (exact) mass is 349 g/mol. The molecule has 1 heterocycles. The zero-order valence-corrected chi connectivity index (χ0v) is 15.0. The van der Waals surface area contributed by atoms with Gasteiger partial charge in [-0.05, 0) is 60.9 Å². The van der Waals surface area contributed by atoms with Crippen molar-refractivity contribution in [2.24, 2.45) is 0 Å². The minimum Gasteiger partial charge on any atom is -0.502 e. The number of hydrogen-bond acceptors (Lipinski definition) is 5. The molecule has 0 aliphatic rings. The van der Waals surface area contributed by atoms with E-state index in [1.807, 2.05) is 26.0 Å². The molecule has 0 aliphatic heterocycles. The van der Waals surface area contributed by atoms with E-state index in [-0.39, 0.29) is 17.2 Å². The summed E-state index contributed by atoms with van der Waals surface area (Å²) in [4.78, 5) is 7.72. The first-order valence-electron chi connectivity index (χ1n) is 8.01. The molecule has 0 amide bonds. The summed E-state index contributed by atoms with van der Waals surface area (Å²) in [5.74, 6) is 0.936. The highest BCUT2D eigenvalue weighted by atomic mass is 16.5. The average Bonchev–Trinajstić information content (AvgIpc) is 3.03. The SMILES string of the molecule is COc1cc(/C=C(/C#N)c2nc3cc(C)c(C)cc3[nH]2)cc(OC)c1O. The average molecular weight is 349 g/mol. The van der Waals surface area contributed by atoms with Gasteiger partial charge in [0, 0.05) is 0 Å². The number of phenolic OH excluding ortho intramolecular Hbond substituents is 1. The van der Waals surface area contributed by atoms with Crippen molar-refractivity contribution < 1.29 is 14.6 Å². The predicted octanol–water partition coefficient (Wildman–Crippen LogP) is 3.97. The van der Waals surface area contributed by atoms with E-state index in [1.54, 1.807) is 18.2 Å². The summed E-state index contributed by atoms with van der Waals surface area (Å²) in [5.41, 5.74) is 5.01. The zero-order valence-electron chi connectivity index (χ0n) is 15.0. The first-order valence-corrected chi connectivity index (χ1v) is 8.01. The highest BCUT2D eigenvalue weighted by molar-refractivity contribution is 5.91. The first-order chi connectivity index (χ1) is 12.5. The minimum absolute atomic E-state index is 0.0830. The van der Waals surface area contributed by atoms with Crippen LogP contribution in [-0.2, 0) is 0 Å². The molecule has 1 aromatic heterocycles. The normalized spacial score (nSPS) is 11.4. The Morgan fingerprint density at radius 1 is 1.12 bits per heavy atom. The van der Waals surface area contributed by atoms with E-state index in [0.717, 1.165) is 22.2 Å². The summed E-state index contributed by atoms with van der Waals surface area (Å²) in [6, 6.07) is 9.44. The maximum Gasteiger partial charge on any atom is 0.200 e. The number of fused-ring (bicyclic) bond motifs is 1. The van der Waals surface area contributed by atoms with Gasteiger partial charge in [-0.15, -0.1) is 0 Å². The van der Waals surface area contributed by atoms with Crippen LogP contribution in [0.2, 0.25) is 0 Å². The quantitative estimate of drug-likeness (QED) is 0.696. The molecule has 0 fully saturated rings. The van der Waals surface area contributed by atoms with E-state index in [1.165, 1.54) is 14.2 Å². The Balaban J connectivity index is 2.11. The van der Waals surface area contributed by atoms with Crippen molar-refractivity contribution in [3.05, 3.63) is 46.8 Å². The summed E-state index contributed by atoms with van der Waals surface area (Å²) < 4.78 is 10.3.